The summed E-state index contributed by atoms with van der Waals surface area (Å²) in [4.78, 5) is 30.6. The number of amides is 1. The fraction of sp³-hybridized carbons (Fsp3) is 0.160. The molecule has 1 N–H and O–H groups in total. The molecule has 3 aromatic carbocycles. The molecule has 1 atom stereocenters. The average Bonchev–Trinajstić information content (AvgIpc) is 2.83. The van der Waals surface area contributed by atoms with E-state index in [1.165, 1.54) is 6.07 Å². The maximum Gasteiger partial charge on any atom is 0.266 e. The molecular formula is C25H21F2N3O3S. The van der Waals surface area contributed by atoms with E-state index < -0.39 is 22.4 Å². The molecule has 0 saturated heterocycles. The third-order valence-electron chi connectivity index (χ3n) is 5.19. The first-order chi connectivity index (χ1) is 16.4. The van der Waals surface area contributed by atoms with E-state index in [1.807, 2.05) is 18.2 Å². The first-order valence-electron chi connectivity index (χ1n) is 10.4. The summed E-state index contributed by atoms with van der Waals surface area (Å²) in [6, 6.07) is 16.9. The van der Waals surface area contributed by atoms with Crippen molar-refractivity contribution in [2.75, 3.05) is 7.11 Å². The summed E-state index contributed by atoms with van der Waals surface area (Å²) < 4.78 is 34.5. The van der Waals surface area contributed by atoms with Crippen LogP contribution in [0.15, 0.2) is 76.7 Å². The second kappa shape index (κ2) is 10.0. The van der Waals surface area contributed by atoms with Crippen LogP contribution in [0.5, 0.6) is 5.75 Å². The number of halogens is 2. The lowest BCUT2D eigenvalue weighted by Crippen LogP contribution is -2.31. The van der Waals surface area contributed by atoms with Gasteiger partial charge in [0.2, 0.25) is 5.91 Å². The Hall–Kier alpha value is -3.72. The van der Waals surface area contributed by atoms with Gasteiger partial charge in [-0.25, -0.2) is 13.8 Å². The maximum atomic E-state index is 14.6. The van der Waals surface area contributed by atoms with Gasteiger partial charge in [-0.15, -0.1) is 0 Å². The van der Waals surface area contributed by atoms with Crippen molar-refractivity contribution < 1.29 is 18.3 Å². The van der Waals surface area contributed by atoms with Crippen LogP contribution >= 0.6 is 11.8 Å². The van der Waals surface area contributed by atoms with Gasteiger partial charge in [-0.05, 0) is 37.3 Å². The minimum Gasteiger partial charge on any atom is -0.496 e. The monoisotopic (exact) mass is 481 g/mol. The molecule has 4 aromatic rings. The molecule has 0 aliphatic heterocycles. The minimum atomic E-state index is -0.908. The van der Waals surface area contributed by atoms with E-state index in [9.17, 15) is 18.4 Å². The standard InChI is InChI=1S/C25H21F2N3O3S/c1-15(23(31)28-14-16-7-3-6-10-22(16)33-2)34-25-29-20-9-5-4-8-18(20)24(32)30(25)21-12-11-17(26)13-19(21)27/h3-13,15H,14H2,1-2H3,(H,28,31). The molecule has 0 aliphatic carbocycles. The van der Waals surface area contributed by atoms with Gasteiger partial charge in [0, 0.05) is 18.2 Å². The zero-order valence-corrected chi connectivity index (χ0v) is 19.2. The summed E-state index contributed by atoms with van der Waals surface area (Å²) in [7, 11) is 1.55. The Bertz CT molecular complexity index is 1420. The summed E-state index contributed by atoms with van der Waals surface area (Å²) in [5, 5.41) is 2.58. The van der Waals surface area contributed by atoms with Gasteiger partial charge in [0.25, 0.3) is 5.56 Å². The number of para-hydroxylation sites is 2. The number of benzene rings is 3. The van der Waals surface area contributed by atoms with Crippen LogP contribution in [0.3, 0.4) is 0 Å². The lowest BCUT2D eigenvalue weighted by Gasteiger charge is -2.17. The van der Waals surface area contributed by atoms with E-state index >= 15 is 0 Å². The zero-order valence-electron chi connectivity index (χ0n) is 18.4. The lowest BCUT2D eigenvalue weighted by molar-refractivity contribution is -0.120. The van der Waals surface area contributed by atoms with Crippen LogP contribution in [-0.4, -0.2) is 27.8 Å². The number of nitrogens with zero attached hydrogens (tertiary/aromatic N) is 2. The van der Waals surface area contributed by atoms with Crippen LogP contribution in [0.1, 0.15) is 12.5 Å². The van der Waals surface area contributed by atoms with Crippen LogP contribution in [0, 0.1) is 11.6 Å². The number of fused-ring (bicyclic) bond motifs is 1. The molecular weight excluding hydrogens is 460 g/mol. The van der Waals surface area contributed by atoms with Gasteiger partial charge in [0.1, 0.15) is 17.4 Å². The number of hydrogen-bond donors (Lipinski definition) is 1. The molecule has 0 radical (unpaired) electrons. The van der Waals surface area contributed by atoms with Crippen LogP contribution < -0.4 is 15.6 Å². The topological polar surface area (TPSA) is 73.2 Å². The van der Waals surface area contributed by atoms with Crippen molar-refractivity contribution in [1.82, 2.24) is 14.9 Å². The molecule has 6 nitrogen and oxygen atoms in total. The quantitative estimate of drug-likeness (QED) is 0.312. The second-order valence-corrected chi connectivity index (χ2v) is 8.75. The second-order valence-electron chi connectivity index (χ2n) is 7.44. The summed E-state index contributed by atoms with van der Waals surface area (Å²) in [5.41, 5.74) is 0.564. The van der Waals surface area contributed by atoms with E-state index in [2.05, 4.69) is 10.3 Å². The highest BCUT2D eigenvalue weighted by atomic mass is 32.2. The third kappa shape index (κ3) is 4.79. The Morgan fingerprint density at radius 2 is 1.85 bits per heavy atom. The Balaban J connectivity index is 1.66. The van der Waals surface area contributed by atoms with Crippen LogP contribution in [-0.2, 0) is 11.3 Å². The van der Waals surface area contributed by atoms with Crippen molar-refractivity contribution in [3.63, 3.8) is 0 Å². The molecule has 1 heterocycles. The Labute approximate surface area is 198 Å². The number of aromatic nitrogens is 2. The first kappa shape index (κ1) is 23.4. The smallest absolute Gasteiger partial charge is 0.266 e. The van der Waals surface area contributed by atoms with Crippen LogP contribution in [0.4, 0.5) is 8.78 Å². The zero-order chi connectivity index (χ0) is 24.2. The summed E-state index contributed by atoms with van der Waals surface area (Å²) >= 11 is 1.01. The van der Waals surface area contributed by atoms with Crippen LogP contribution in [0.2, 0.25) is 0 Å². The first-order valence-corrected chi connectivity index (χ1v) is 11.3. The predicted octanol–water partition coefficient (Wildman–Crippen LogP) is 4.47. The van der Waals surface area contributed by atoms with Crippen molar-refractivity contribution in [1.29, 1.82) is 0 Å². The average molecular weight is 482 g/mol. The number of rotatable bonds is 7. The number of carbonyl (C=O) groups excluding carboxylic acids is 1. The predicted molar refractivity (Wildman–Crippen MR) is 127 cm³/mol. The highest BCUT2D eigenvalue weighted by Crippen LogP contribution is 2.27. The normalized spacial score (nSPS) is 11.9. The van der Waals surface area contributed by atoms with E-state index in [1.54, 1.807) is 44.4 Å². The molecule has 0 aliphatic rings. The number of ether oxygens (including phenoxy) is 1. The molecule has 0 spiro atoms. The van der Waals surface area contributed by atoms with Gasteiger partial charge in [-0.2, -0.15) is 0 Å². The Morgan fingerprint density at radius 1 is 1.12 bits per heavy atom. The summed E-state index contributed by atoms with van der Waals surface area (Å²) in [6.07, 6.45) is 0. The number of nitrogens with one attached hydrogen (secondary N) is 1. The molecule has 0 saturated carbocycles. The lowest BCUT2D eigenvalue weighted by atomic mass is 10.2. The number of carbonyl (C=O) groups is 1. The maximum absolute atomic E-state index is 14.6. The van der Waals surface area contributed by atoms with E-state index in [4.69, 9.17) is 4.74 Å². The van der Waals surface area contributed by atoms with E-state index in [-0.39, 0.29) is 28.7 Å². The number of methoxy groups -OCH3 is 1. The molecule has 174 valence electrons. The summed E-state index contributed by atoms with van der Waals surface area (Å²) in [6.45, 7) is 1.91. The van der Waals surface area contributed by atoms with Crippen molar-refractivity contribution in [2.45, 2.75) is 23.9 Å². The minimum absolute atomic E-state index is 0.120. The molecule has 1 amide bonds. The van der Waals surface area contributed by atoms with Crippen molar-refractivity contribution >= 4 is 28.6 Å². The fourth-order valence-electron chi connectivity index (χ4n) is 3.45. The molecule has 0 bridgehead atoms. The van der Waals surface area contributed by atoms with E-state index in [0.717, 1.165) is 28.0 Å². The highest BCUT2D eigenvalue weighted by Gasteiger charge is 2.22. The van der Waals surface area contributed by atoms with Gasteiger partial charge >= 0.3 is 0 Å². The molecule has 0 fully saturated rings. The Morgan fingerprint density at radius 3 is 2.62 bits per heavy atom. The Kier molecular flexibility index (Phi) is 6.93. The SMILES string of the molecule is COc1ccccc1CNC(=O)C(C)Sc1nc2ccccc2c(=O)n1-c1ccc(F)cc1F. The van der Waals surface area contributed by atoms with Crippen molar-refractivity contribution in [3.8, 4) is 11.4 Å². The molecule has 1 unspecified atom stereocenters. The number of thioether (sulfide) groups is 1. The van der Waals surface area contributed by atoms with Gasteiger partial charge in [0.05, 0.1) is 29.0 Å². The molecule has 4 rings (SSSR count). The fourth-order valence-corrected chi connectivity index (χ4v) is 4.40. The van der Waals surface area contributed by atoms with Gasteiger partial charge < -0.3 is 10.1 Å². The van der Waals surface area contributed by atoms with Crippen molar-refractivity contribution in [2.24, 2.45) is 0 Å². The van der Waals surface area contributed by atoms with Crippen LogP contribution in [0.25, 0.3) is 16.6 Å². The molecule has 1 aromatic heterocycles. The van der Waals surface area contributed by atoms with E-state index in [0.29, 0.717) is 17.3 Å². The summed E-state index contributed by atoms with van der Waals surface area (Å²) in [5.74, 6) is -1.32. The third-order valence-corrected chi connectivity index (χ3v) is 6.24. The van der Waals surface area contributed by atoms with Crippen molar-refractivity contribution in [3.05, 3.63) is 94.3 Å². The van der Waals surface area contributed by atoms with Gasteiger partial charge in [0.15, 0.2) is 5.16 Å². The van der Waals surface area contributed by atoms with Gasteiger partial charge in [-0.3, -0.25) is 14.2 Å². The molecule has 34 heavy (non-hydrogen) atoms. The number of hydrogen-bond acceptors (Lipinski definition) is 5. The van der Waals surface area contributed by atoms with Gasteiger partial charge in [-0.1, -0.05) is 42.1 Å². The molecule has 9 heteroatoms. The largest absolute Gasteiger partial charge is 0.496 e. The highest BCUT2D eigenvalue weighted by molar-refractivity contribution is 8.00.